The van der Waals surface area contributed by atoms with Crippen LogP contribution in [0.4, 0.5) is 0 Å². The fraction of sp³-hybridized carbons (Fsp3) is 1.00. The molecule has 104 valence electrons. The van der Waals surface area contributed by atoms with E-state index < -0.39 is 11.1 Å². The molecule has 12 nitrogen and oxygen atoms in total. The van der Waals surface area contributed by atoms with E-state index in [-0.39, 0.29) is 13.1 Å². The molecule has 1 saturated heterocycles. The Labute approximate surface area is 113 Å². The number of rotatable bonds is 4. The average Bonchev–Trinajstić information content (AvgIpc) is 3.03. The molecule has 2 unspecified atom stereocenters. The molecule has 12 heteroatoms. The van der Waals surface area contributed by atoms with Crippen LogP contribution in [0.3, 0.4) is 0 Å². The summed E-state index contributed by atoms with van der Waals surface area (Å²) in [7, 11) is 0. The summed E-state index contributed by atoms with van der Waals surface area (Å²) in [6.45, 7) is 2.42. The highest BCUT2D eigenvalue weighted by Gasteiger charge is 2.55. The summed E-state index contributed by atoms with van der Waals surface area (Å²) in [6, 6.07) is 0. The van der Waals surface area contributed by atoms with Gasteiger partial charge < -0.3 is 0 Å². The van der Waals surface area contributed by atoms with Crippen LogP contribution < -0.4 is 0 Å². The van der Waals surface area contributed by atoms with Gasteiger partial charge in [0.05, 0.1) is 39.3 Å². The van der Waals surface area contributed by atoms with Gasteiger partial charge in [-0.05, 0) is 11.1 Å². The minimum absolute atomic E-state index is 0.264. The van der Waals surface area contributed by atoms with Crippen LogP contribution in [0, 0.1) is 0 Å². The summed E-state index contributed by atoms with van der Waals surface area (Å²) in [5.41, 5.74) is 16.1. The lowest BCUT2D eigenvalue weighted by molar-refractivity contribution is -0.0445. The Balaban J connectivity index is 1.89. The molecule has 0 amide bonds. The lowest BCUT2D eigenvalue weighted by atomic mass is 9.87. The van der Waals surface area contributed by atoms with Gasteiger partial charge in [0.15, 0.2) is 0 Å². The van der Waals surface area contributed by atoms with E-state index in [1.165, 1.54) is 0 Å². The third-order valence-corrected chi connectivity index (χ3v) is 3.91. The lowest BCUT2D eigenvalue weighted by Crippen LogP contribution is -2.70. The van der Waals surface area contributed by atoms with Crippen molar-refractivity contribution in [2.75, 3.05) is 39.3 Å². The highest BCUT2D eigenvalue weighted by Crippen LogP contribution is 2.38. The molecule has 0 radical (unpaired) electrons. The molecule has 3 heterocycles. The van der Waals surface area contributed by atoms with E-state index in [1.807, 2.05) is 10.0 Å². The standard InChI is InChI=1S/C8H12N12/c9-15-11-1-7-3-13-17-19(7)6-8(2-12-16-10)4-14-18-20(8)5-7/h1-6H2. The minimum Gasteiger partial charge on any atom is -0.266 e. The molecule has 3 rings (SSSR count). The fourth-order valence-corrected chi connectivity index (χ4v) is 2.74. The van der Waals surface area contributed by atoms with Crippen molar-refractivity contribution in [3.63, 3.8) is 0 Å². The highest BCUT2D eigenvalue weighted by molar-refractivity contribution is 5.11. The Kier molecular flexibility index (Phi) is 2.81. The van der Waals surface area contributed by atoms with Crippen molar-refractivity contribution in [3.05, 3.63) is 20.9 Å². The van der Waals surface area contributed by atoms with Gasteiger partial charge in [-0.3, -0.25) is 10.0 Å². The summed E-state index contributed by atoms with van der Waals surface area (Å²) in [4.78, 5) is 5.63. The second kappa shape index (κ2) is 4.51. The van der Waals surface area contributed by atoms with E-state index in [2.05, 4.69) is 40.7 Å². The Morgan fingerprint density at radius 1 is 0.900 bits per heavy atom. The molecule has 3 aliphatic heterocycles. The van der Waals surface area contributed by atoms with Crippen molar-refractivity contribution in [2.24, 2.45) is 30.9 Å². The van der Waals surface area contributed by atoms with Crippen LogP contribution in [0.1, 0.15) is 0 Å². The predicted octanol–water partition coefficient (Wildman–Crippen LogP) is 1.46. The zero-order chi connectivity index (χ0) is 14.1. The van der Waals surface area contributed by atoms with Crippen LogP contribution in [0.2, 0.25) is 0 Å². The van der Waals surface area contributed by atoms with Gasteiger partial charge >= 0.3 is 0 Å². The first-order chi connectivity index (χ1) is 9.75. The minimum atomic E-state index is -0.477. The number of hydrogen-bond acceptors (Lipinski definition) is 8. The lowest BCUT2D eigenvalue weighted by Gasteiger charge is -2.50. The highest BCUT2D eigenvalue weighted by atomic mass is 15.7. The van der Waals surface area contributed by atoms with Crippen molar-refractivity contribution in [1.29, 1.82) is 0 Å². The average molecular weight is 276 g/mol. The van der Waals surface area contributed by atoms with E-state index in [9.17, 15) is 0 Å². The number of nitrogens with zero attached hydrogens (tertiary/aromatic N) is 12. The predicted molar refractivity (Wildman–Crippen MR) is 66.3 cm³/mol. The number of azide groups is 2. The first kappa shape index (κ1) is 12.5. The van der Waals surface area contributed by atoms with Crippen LogP contribution in [0.5, 0.6) is 0 Å². The van der Waals surface area contributed by atoms with Gasteiger partial charge in [-0.25, -0.2) is 0 Å². The molecule has 0 spiro atoms. The maximum absolute atomic E-state index is 8.54. The summed E-state index contributed by atoms with van der Waals surface area (Å²) < 4.78 is 0. The summed E-state index contributed by atoms with van der Waals surface area (Å²) in [6.07, 6.45) is 0. The molecular weight excluding hydrogens is 264 g/mol. The first-order valence-corrected chi connectivity index (χ1v) is 6.07. The van der Waals surface area contributed by atoms with Gasteiger partial charge in [-0.1, -0.05) is 20.7 Å². The maximum atomic E-state index is 8.54. The van der Waals surface area contributed by atoms with Crippen LogP contribution in [-0.2, 0) is 0 Å². The zero-order valence-corrected chi connectivity index (χ0v) is 10.6. The quantitative estimate of drug-likeness (QED) is 0.433. The summed E-state index contributed by atoms with van der Waals surface area (Å²) >= 11 is 0. The molecule has 3 aliphatic rings. The van der Waals surface area contributed by atoms with Gasteiger partial charge in [0.1, 0.15) is 11.1 Å². The van der Waals surface area contributed by atoms with Crippen LogP contribution >= 0.6 is 0 Å². The van der Waals surface area contributed by atoms with E-state index in [0.717, 1.165) is 0 Å². The van der Waals surface area contributed by atoms with Crippen molar-refractivity contribution in [3.8, 4) is 0 Å². The zero-order valence-electron chi connectivity index (χ0n) is 10.6. The number of fused-ring (bicyclic) bond motifs is 2. The Morgan fingerprint density at radius 3 is 1.75 bits per heavy atom. The van der Waals surface area contributed by atoms with Crippen molar-refractivity contribution < 1.29 is 0 Å². The second-order valence-electron chi connectivity index (χ2n) is 5.12. The number of piperazine rings is 1. The van der Waals surface area contributed by atoms with Crippen molar-refractivity contribution in [2.45, 2.75) is 11.1 Å². The van der Waals surface area contributed by atoms with E-state index in [4.69, 9.17) is 11.1 Å². The van der Waals surface area contributed by atoms with E-state index in [1.54, 1.807) is 0 Å². The SMILES string of the molecule is [N-]=[N+]=NCC12CN=NN1CC1(CN=[N+]=[N-])CN=NN1C2. The molecule has 0 aliphatic carbocycles. The van der Waals surface area contributed by atoms with Gasteiger partial charge in [0.25, 0.3) is 0 Å². The molecule has 2 atom stereocenters. The molecule has 0 aromatic rings. The van der Waals surface area contributed by atoms with Crippen LogP contribution in [0.15, 0.2) is 30.9 Å². The molecular formula is C8H12N12. The second-order valence-corrected chi connectivity index (χ2v) is 5.12. The molecule has 0 aromatic carbocycles. The number of hydrogen-bond donors (Lipinski definition) is 0. The summed E-state index contributed by atoms with van der Waals surface area (Å²) in [5, 5.41) is 27.3. The van der Waals surface area contributed by atoms with Crippen molar-refractivity contribution in [1.82, 2.24) is 10.0 Å². The smallest absolute Gasteiger partial charge is 0.106 e. The van der Waals surface area contributed by atoms with Gasteiger partial charge in [0.2, 0.25) is 0 Å². The van der Waals surface area contributed by atoms with Crippen LogP contribution in [0.25, 0.3) is 20.9 Å². The first-order valence-electron chi connectivity index (χ1n) is 6.07. The van der Waals surface area contributed by atoms with Gasteiger partial charge in [0, 0.05) is 9.82 Å². The van der Waals surface area contributed by atoms with Gasteiger partial charge in [-0.2, -0.15) is 10.2 Å². The normalized spacial score (nSPS) is 33.4. The largest absolute Gasteiger partial charge is 0.266 e. The molecule has 0 saturated carbocycles. The topological polar surface area (TPSA) is 153 Å². The fourth-order valence-electron chi connectivity index (χ4n) is 2.74. The van der Waals surface area contributed by atoms with E-state index >= 15 is 0 Å². The molecule has 1 fully saturated rings. The van der Waals surface area contributed by atoms with E-state index in [0.29, 0.717) is 26.2 Å². The third-order valence-electron chi connectivity index (χ3n) is 3.91. The monoisotopic (exact) mass is 276 g/mol. The Bertz CT molecular complexity index is 506. The Hall–Kier alpha value is -2.58. The van der Waals surface area contributed by atoms with Crippen molar-refractivity contribution >= 4 is 0 Å². The molecule has 0 aromatic heterocycles. The molecule has 0 bridgehead atoms. The molecule has 0 N–H and O–H groups in total. The summed E-state index contributed by atoms with van der Waals surface area (Å²) in [5.74, 6) is 0. The maximum Gasteiger partial charge on any atom is 0.106 e. The molecule has 20 heavy (non-hydrogen) atoms. The third kappa shape index (κ3) is 1.70. The van der Waals surface area contributed by atoms with Gasteiger partial charge in [-0.15, -0.1) is 0 Å². The van der Waals surface area contributed by atoms with Crippen LogP contribution in [-0.4, -0.2) is 60.4 Å². The Morgan fingerprint density at radius 2 is 1.35 bits per heavy atom.